The molecule has 0 aliphatic rings. The molecule has 0 unspecified atom stereocenters. The van der Waals surface area contributed by atoms with Gasteiger partial charge in [-0.2, -0.15) is 0 Å². The third-order valence-electron chi connectivity index (χ3n) is 3.84. The van der Waals surface area contributed by atoms with Gasteiger partial charge >= 0.3 is 0 Å². The molecule has 3 aromatic heterocycles. The third-order valence-corrected chi connectivity index (χ3v) is 4.59. The molecule has 3 heterocycles. The van der Waals surface area contributed by atoms with Crippen molar-refractivity contribution in [2.24, 2.45) is 0 Å². The van der Waals surface area contributed by atoms with E-state index in [2.05, 4.69) is 25.0 Å². The maximum Gasteiger partial charge on any atom is 0.187 e. The Morgan fingerprint density at radius 3 is 2.67 bits per heavy atom. The minimum absolute atomic E-state index is 0.633. The van der Waals surface area contributed by atoms with Crippen molar-refractivity contribution < 1.29 is 0 Å². The normalized spacial score (nSPS) is 10.9. The molecule has 1 aromatic carbocycles. The van der Waals surface area contributed by atoms with Crippen molar-refractivity contribution in [3.05, 3.63) is 58.8 Å². The second-order valence-electron chi connectivity index (χ2n) is 5.47. The van der Waals surface area contributed by atoms with Crippen molar-refractivity contribution >= 4 is 27.4 Å². The summed E-state index contributed by atoms with van der Waals surface area (Å²) in [6, 6.07) is 5.72. The van der Waals surface area contributed by atoms with Crippen LogP contribution in [0.3, 0.4) is 0 Å². The van der Waals surface area contributed by atoms with Gasteiger partial charge in [0.15, 0.2) is 11.5 Å². The molecule has 7 heteroatoms. The highest BCUT2D eigenvalue weighted by Crippen LogP contribution is 2.29. The maximum absolute atomic E-state index is 7.20. The van der Waals surface area contributed by atoms with Gasteiger partial charge in [-0.05, 0) is 31.0 Å². The van der Waals surface area contributed by atoms with Crippen molar-refractivity contribution in [1.29, 1.82) is 0 Å². The van der Waals surface area contributed by atoms with Crippen LogP contribution >= 0.6 is 11.3 Å². The van der Waals surface area contributed by atoms with Crippen molar-refractivity contribution in [2.75, 3.05) is 0 Å². The highest BCUT2D eigenvalue weighted by atomic mass is 32.1. The number of benzene rings is 1. The summed E-state index contributed by atoms with van der Waals surface area (Å²) in [5.74, 6) is 0.708. The van der Waals surface area contributed by atoms with Gasteiger partial charge < -0.3 is 0 Å². The van der Waals surface area contributed by atoms with Crippen LogP contribution in [0.4, 0.5) is 5.69 Å². The minimum atomic E-state index is 0.633. The number of hydrogen-bond donors (Lipinski definition) is 0. The molecule has 6 nitrogen and oxygen atoms in total. The molecule has 0 spiro atoms. The fourth-order valence-corrected chi connectivity index (χ4v) is 3.46. The van der Waals surface area contributed by atoms with Crippen molar-refractivity contribution in [1.82, 2.24) is 24.7 Å². The smallest absolute Gasteiger partial charge is 0.187 e. The van der Waals surface area contributed by atoms with E-state index in [0.29, 0.717) is 11.5 Å². The van der Waals surface area contributed by atoms with Crippen LogP contribution in [0.1, 0.15) is 11.1 Å². The standard InChI is InChI=1S/C17H12N6S/c1-10-4-13(18-3)5-11(2)15(10)23-8-21-22-16(23)12-6-14-17(19-7-12)24-9-20-14/h4-9H,1-2H3. The monoisotopic (exact) mass is 332 g/mol. The van der Waals surface area contributed by atoms with Gasteiger partial charge in [0.1, 0.15) is 16.7 Å². The van der Waals surface area contributed by atoms with Crippen LogP contribution < -0.4 is 0 Å². The summed E-state index contributed by atoms with van der Waals surface area (Å²) in [6.07, 6.45) is 3.48. The first kappa shape index (κ1) is 14.5. The lowest BCUT2D eigenvalue weighted by Gasteiger charge is -2.13. The van der Waals surface area contributed by atoms with E-state index >= 15 is 0 Å². The van der Waals surface area contributed by atoms with Crippen molar-refractivity contribution in [2.45, 2.75) is 13.8 Å². The van der Waals surface area contributed by atoms with Crippen LogP contribution in [0, 0.1) is 20.4 Å². The second kappa shape index (κ2) is 5.51. The first-order valence-corrected chi connectivity index (χ1v) is 8.14. The van der Waals surface area contributed by atoms with Crippen LogP contribution in [-0.4, -0.2) is 24.7 Å². The lowest BCUT2D eigenvalue weighted by molar-refractivity contribution is 1.03. The Bertz CT molecular complexity index is 1080. The van der Waals surface area contributed by atoms with Crippen molar-refractivity contribution in [3.8, 4) is 17.1 Å². The number of aryl methyl sites for hydroxylation is 2. The van der Waals surface area contributed by atoms with Crippen LogP contribution in [0.25, 0.3) is 32.3 Å². The predicted octanol–water partition coefficient (Wildman–Crippen LogP) is 4.11. The Kier molecular flexibility index (Phi) is 3.32. The average Bonchev–Trinajstić information content (AvgIpc) is 3.22. The Morgan fingerprint density at radius 1 is 1.12 bits per heavy atom. The van der Waals surface area contributed by atoms with Crippen LogP contribution in [0.2, 0.25) is 0 Å². The van der Waals surface area contributed by atoms with Crippen LogP contribution in [-0.2, 0) is 0 Å². The summed E-state index contributed by atoms with van der Waals surface area (Å²) in [7, 11) is 0. The van der Waals surface area contributed by atoms with Gasteiger partial charge in [-0.15, -0.1) is 21.5 Å². The molecule has 0 fully saturated rings. The second-order valence-corrected chi connectivity index (χ2v) is 6.30. The van der Waals surface area contributed by atoms with E-state index in [1.165, 1.54) is 11.3 Å². The van der Waals surface area contributed by atoms with Crippen LogP contribution in [0.5, 0.6) is 0 Å². The molecule has 0 radical (unpaired) electrons. The molecule has 0 saturated carbocycles. The van der Waals surface area contributed by atoms with Gasteiger partial charge in [0.2, 0.25) is 0 Å². The molecule has 0 aliphatic heterocycles. The molecule has 0 atom stereocenters. The number of pyridine rings is 1. The zero-order valence-corrected chi connectivity index (χ0v) is 13.9. The summed E-state index contributed by atoms with van der Waals surface area (Å²) in [5, 5.41) is 8.34. The van der Waals surface area contributed by atoms with Gasteiger partial charge in [-0.25, -0.2) is 14.8 Å². The molecule has 0 saturated heterocycles. The number of hydrogen-bond acceptors (Lipinski definition) is 5. The lowest BCUT2D eigenvalue weighted by Crippen LogP contribution is -2.01. The fraction of sp³-hybridized carbons (Fsp3) is 0.118. The molecule has 0 aliphatic carbocycles. The molecule has 0 amide bonds. The van der Waals surface area contributed by atoms with E-state index < -0.39 is 0 Å². The fourth-order valence-electron chi connectivity index (χ4n) is 2.85. The highest BCUT2D eigenvalue weighted by molar-refractivity contribution is 7.16. The number of thiazole rings is 1. The topological polar surface area (TPSA) is 60.9 Å². The van der Waals surface area contributed by atoms with E-state index in [9.17, 15) is 0 Å². The molecule has 4 rings (SSSR count). The largest absolute Gasteiger partial charge is 0.281 e. The van der Waals surface area contributed by atoms with Crippen molar-refractivity contribution in [3.63, 3.8) is 0 Å². The predicted molar refractivity (Wildman–Crippen MR) is 93.5 cm³/mol. The van der Waals surface area contributed by atoms with Gasteiger partial charge in [-0.3, -0.25) is 4.57 Å². The van der Waals surface area contributed by atoms with Gasteiger partial charge in [0.25, 0.3) is 0 Å². The summed E-state index contributed by atoms with van der Waals surface area (Å²) in [6.45, 7) is 11.2. The average molecular weight is 332 g/mol. The molecule has 0 N–H and O–H groups in total. The summed E-state index contributed by atoms with van der Waals surface area (Å²) < 4.78 is 1.94. The van der Waals surface area contributed by atoms with E-state index in [1.807, 2.05) is 36.6 Å². The Balaban J connectivity index is 1.91. The zero-order valence-electron chi connectivity index (χ0n) is 13.1. The summed E-state index contributed by atoms with van der Waals surface area (Å²) >= 11 is 1.51. The number of nitrogens with zero attached hydrogens (tertiary/aromatic N) is 6. The minimum Gasteiger partial charge on any atom is -0.281 e. The van der Waals surface area contributed by atoms with E-state index in [4.69, 9.17) is 6.57 Å². The first-order chi connectivity index (χ1) is 11.7. The summed E-state index contributed by atoms with van der Waals surface area (Å²) in [5.41, 5.74) is 7.12. The van der Waals surface area contributed by atoms with E-state index in [-0.39, 0.29) is 0 Å². The van der Waals surface area contributed by atoms with Gasteiger partial charge in [0, 0.05) is 11.8 Å². The molecular weight excluding hydrogens is 320 g/mol. The maximum atomic E-state index is 7.20. The van der Waals surface area contributed by atoms with Gasteiger partial charge in [0.05, 0.1) is 17.8 Å². The Labute approximate surface area is 142 Å². The first-order valence-electron chi connectivity index (χ1n) is 7.26. The lowest BCUT2D eigenvalue weighted by atomic mass is 10.1. The Morgan fingerprint density at radius 2 is 1.92 bits per heavy atom. The molecular formula is C17H12N6S. The Hall–Kier alpha value is -3.11. The molecule has 4 aromatic rings. The van der Waals surface area contributed by atoms with E-state index in [0.717, 1.165) is 32.7 Å². The number of aromatic nitrogens is 5. The van der Waals surface area contributed by atoms with Crippen LogP contribution in [0.15, 0.2) is 36.2 Å². The van der Waals surface area contributed by atoms with E-state index in [1.54, 1.807) is 18.0 Å². The quantitative estimate of drug-likeness (QED) is 0.518. The summed E-state index contributed by atoms with van der Waals surface area (Å²) in [4.78, 5) is 13.2. The molecule has 24 heavy (non-hydrogen) atoms. The number of fused-ring (bicyclic) bond motifs is 1. The van der Waals surface area contributed by atoms with Gasteiger partial charge in [-0.1, -0.05) is 12.1 Å². The molecule has 116 valence electrons. The highest BCUT2D eigenvalue weighted by Gasteiger charge is 2.15. The third kappa shape index (κ3) is 2.25. The zero-order chi connectivity index (χ0) is 16.7. The number of rotatable bonds is 2. The molecule has 0 bridgehead atoms. The SMILES string of the molecule is [C-]#[N+]c1cc(C)c(-n2cnnc2-c2cnc3scnc3c2)c(C)c1.